The van der Waals surface area contributed by atoms with Gasteiger partial charge in [-0.3, -0.25) is 0 Å². The number of piperazine rings is 2. The van der Waals surface area contributed by atoms with E-state index in [0.717, 1.165) is 5.56 Å². The molecule has 1 aromatic carbocycles. The molecule has 4 aliphatic heterocycles. The van der Waals surface area contributed by atoms with Crippen LogP contribution in [0.2, 0.25) is 0 Å². The van der Waals surface area contributed by atoms with Crippen molar-refractivity contribution in [3.63, 3.8) is 0 Å². The third kappa shape index (κ3) is 7.68. The third-order valence-corrected chi connectivity index (χ3v) is 9.44. The van der Waals surface area contributed by atoms with Crippen LogP contribution in [0.1, 0.15) is 23.2 Å². The molecule has 4 aliphatic rings. The van der Waals surface area contributed by atoms with Crippen molar-refractivity contribution in [1.29, 1.82) is 0 Å². The molecular weight excluding hydrogens is 716 g/mol. The van der Waals surface area contributed by atoms with Gasteiger partial charge in [0.2, 0.25) is 10.6 Å². The van der Waals surface area contributed by atoms with Gasteiger partial charge >= 0.3 is 12.2 Å². The van der Waals surface area contributed by atoms with Gasteiger partial charge in [-0.1, -0.05) is 40.8 Å². The standard InChI is InChI=1S/C30H40N14O10/c1-49-35-43(47)39-12-8-37(9-13-39)28(45)51-16-23-25-26-24(17-52-29(46)38-10-14-40(15-11-38)44(48)36-50-2)32-34-42(26)19-30(18-41(25)33-31-23)20-53-27(54-21-30)22-6-4-3-5-7-22/h3-7,27H,8-21H2,1-2H3/b43-35-,44-36-. The third-order valence-electron chi connectivity index (χ3n) is 9.44. The van der Waals surface area contributed by atoms with Gasteiger partial charge in [-0.15, -0.1) is 20.2 Å². The molecule has 0 aliphatic carbocycles. The first-order chi connectivity index (χ1) is 26.3. The van der Waals surface area contributed by atoms with Gasteiger partial charge in [-0.05, 0) is 0 Å². The number of ether oxygens (including phenoxy) is 4. The summed E-state index contributed by atoms with van der Waals surface area (Å²) < 4.78 is 27.3. The number of amides is 2. The van der Waals surface area contributed by atoms with E-state index in [4.69, 9.17) is 18.9 Å². The summed E-state index contributed by atoms with van der Waals surface area (Å²) in [6.07, 6.45) is -1.74. The molecule has 24 nitrogen and oxygen atoms in total. The number of hydrogen-bond acceptors (Lipinski definition) is 16. The van der Waals surface area contributed by atoms with Gasteiger partial charge in [0, 0.05) is 31.7 Å². The van der Waals surface area contributed by atoms with E-state index in [0.29, 0.717) is 59.0 Å². The van der Waals surface area contributed by atoms with Crippen molar-refractivity contribution < 1.29 is 48.2 Å². The van der Waals surface area contributed by atoms with Crippen molar-refractivity contribution in [3.05, 3.63) is 57.7 Å². The Bertz CT molecular complexity index is 1730. The van der Waals surface area contributed by atoms with Crippen molar-refractivity contribution in [2.75, 3.05) is 79.8 Å². The topological polar surface area (TPSA) is 241 Å². The molecule has 0 radical (unpaired) electrons. The SMILES string of the molecule is CO/N=[N+](\[O-])N1CCN(C(=O)OCc2nnn3c2-c2c(COC(=O)N4CCN(/[N+]([O-])=N/OC)CC4)nnn2CC2(COC(c4ccccc4)OC2)C3)CC1. The fraction of sp³-hybridized carbons (Fsp3) is 0.600. The van der Waals surface area contributed by atoms with Gasteiger partial charge in [0.05, 0.1) is 67.8 Å². The highest BCUT2D eigenvalue weighted by atomic mass is 16.7. The van der Waals surface area contributed by atoms with Crippen LogP contribution in [0, 0.1) is 15.8 Å². The molecule has 1 spiro atoms. The predicted molar refractivity (Wildman–Crippen MR) is 175 cm³/mol. The van der Waals surface area contributed by atoms with Crippen LogP contribution in [0.3, 0.4) is 0 Å². The Kier molecular flexibility index (Phi) is 10.7. The van der Waals surface area contributed by atoms with E-state index in [9.17, 15) is 20.0 Å². The van der Waals surface area contributed by atoms with Gasteiger partial charge in [0.15, 0.2) is 6.29 Å². The molecule has 6 heterocycles. The van der Waals surface area contributed by atoms with Crippen LogP contribution >= 0.6 is 0 Å². The van der Waals surface area contributed by atoms with Gasteiger partial charge < -0.3 is 48.8 Å². The van der Waals surface area contributed by atoms with Crippen molar-refractivity contribution >= 4 is 12.2 Å². The molecule has 3 fully saturated rings. The first kappa shape index (κ1) is 36.3. The minimum atomic E-state index is -0.636. The fourth-order valence-electron chi connectivity index (χ4n) is 6.68. The van der Waals surface area contributed by atoms with E-state index in [1.165, 1.54) is 34.0 Å². The maximum absolute atomic E-state index is 13.1. The summed E-state index contributed by atoms with van der Waals surface area (Å²) in [7, 11) is 2.55. The van der Waals surface area contributed by atoms with E-state index in [-0.39, 0.29) is 65.6 Å². The Morgan fingerprint density at radius 2 is 1.20 bits per heavy atom. The van der Waals surface area contributed by atoms with Crippen LogP contribution < -0.4 is 0 Å². The molecule has 3 aromatic rings. The molecule has 0 N–H and O–H groups in total. The lowest BCUT2D eigenvalue weighted by Crippen LogP contribution is -2.50. The van der Waals surface area contributed by atoms with E-state index >= 15 is 0 Å². The number of fused-ring (bicyclic) bond motifs is 3. The van der Waals surface area contributed by atoms with Gasteiger partial charge in [-0.2, -0.15) is 0 Å². The lowest BCUT2D eigenvalue weighted by atomic mass is 9.89. The predicted octanol–water partition coefficient (Wildman–Crippen LogP) is 0.668. The quantitative estimate of drug-likeness (QED) is 0.166. The second kappa shape index (κ2) is 15.9. The number of benzene rings is 1. The number of carbonyl (C=O) groups excluding carboxylic acids is 2. The van der Waals surface area contributed by atoms with Crippen molar-refractivity contribution in [2.45, 2.75) is 32.6 Å². The summed E-state index contributed by atoms with van der Waals surface area (Å²) >= 11 is 0. The molecule has 290 valence electrons. The number of nitrogens with zero attached hydrogens (tertiary/aromatic N) is 14. The number of rotatable bonds is 9. The minimum absolute atomic E-state index is 0.224. The molecule has 0 saturated carbocycles. The van der Waals surface area contributed by atoms with Crippen LogP contribution in [-0.4, -0.2) is 152 Å². The number of carbonyl (C=O) groups is 2. The summed E-state index contributed by atoms with van der Waals surface area (Å²) in [4.78, 5) is 39.0. The second-order valence-electron chi connectivity index (χ2n) is 13.0. The molecular formula is C30H40N14O10. The van der Waals surface area contributed by atoms with Crippen LogP contribution in [0.4, 0.5) is 9.59 Å². The zero-order valence-electron chi connectivity index (χ0n) is 29.7. The molecule has 54 heavy (non-hydrogen) atoms. The lowest BCUT2D eigenvalue weighted by Gasteiger charge is -2.39. The summed E-state index contributed by atoms with van der Waals surface area (Å²) in [6, 6.07) is 9.64. The zero-order chi connectivity index (χ0) is 37.7. The summed E-state index contributed by atoms with van der Waals surface area (Å²) in [5.41, 5.74) is 1.90. The van der Waals surface area contributed by atoms with Crippen LogP contribution in [-0.2, 0) is 54.9 Å². The van der Waals surface area contributed by atoms with Crippen molar-refractivity contribution in [2.24, 2.45) is 16.0 Å². The van der Waals surface area contributed by atoms with E-state index in [2.05, 4.69) is 40.9 Å². The highest BCUT2D eigenvalue weighted by Crippen LogP contribution is 2.40. The molecule has 0 bridgehead atoms. The summed E-state index contributed by atoms with van der Waals surface area (Å²) in [5, 5.41) is 51.1. The van der Waals surface area contributed by atoms with E-state index < -0.39 is 23.9 Å². The average molecular weight is 757 g/mol. The molecule has 3 saturated heterocycles. The average Bonchev–Trinajstić information content (AvgIpc) is 3.74. The van der Waals surface area contributed by atoms with Gasteiger partial charge in [0.1, 0.15) is 50.2 Å². The minimum Gasteiger partial charge on any atom is -0.569 e. The Morgan fingerprint density at radius 1 is 0.759 bits per heavy atom. The normalized spacial score (nSPS) is 22.0. The van der Waals surface area contributed by atoms with Crippen molar-refractivity contribution in [3.8, 4) is 11.4 Å². The van der Waals surface area contributed by atoms with Gasteiger partial charge in [-0.25, -0.2) is 19.0 Å². The first-order valence-corrected chi connectivity index (χ1v) is 17.2. The van der Waals surface area contributed by atoms with Crippen molar-refractivity contribution in [1.82, 2.24) is 49.8 Å². The molecule has 0 unspecified atom stereocenters. The maximum Gasteiger partial charge on any atom is 0.410 e. The van der Waals surface area contributed by atoms with Gasteiger partial charge in [0.25, 0.3) is 0 Å². The highest BCUT2D eigenvalue weighted by Gasteiger charge is 2.44. The number of hydrogen-bond donors (Lipinski definition) is 0. The van der Waals surface area contributed by atoms with Crippen LogP contribution in [0.25, 0.3) is 11.4 Å². The lowest BCUT2D eigenvalue weighted by molar-refractivity contribution is -0.712. The second-order valence-corrected chi connectivity index (χ2v) is 13.0. The Hall–Kier alpha value is -6.04. The number of aromatic nitrogens is 6. The van der Waals surface area contributed by atoms with E-state index in [1.807, 2.05) is 30.3 Å². The Morgan fingerprint density at radius 3 is 1.63 bits per heavy atom. The first-order valence-electron chi connectivity index (χ1n) is 17.2. The molecule has 24 heteroatoms. The molecule has 0 atom stereocenters. The Labute approximate surface area is 307 Å². The van der Waals surface area contributed by atoms with Crippen LogP contribution in [0.5, 0.6) is 0 Å². The monoisotopic (exact) mass is 756 g/mol. The highest BCUT2D eigenvalue weighted by molar-refractivity contribution is 5.69. The largest absolute Gasteiger partial charge is 0.569 e. The van der Waals surface area contributed by atoms with Crippen LogP contribution in [0.15, 0.2) is 40.9 Å². The molecule has 7 rings (SSSR count). The number of hydrazine groups is 2. The smallest absolute Gasteiger partial charge is 0.410 e. The molecule has 2 amide bonds. The summed E-state index contributed by atoms with van der Waals surface area (Å²) in [5.74, 6) is 0. The summed E-state index contributed by atoms with van der Waals surface area (Å²) in [6.45, 7) is 2.59. The Balaban J connectivity index is 1.08. The zero-order valence-corrected chi connectivity index (χ0v) is 29.7. The fourth-order valence-corrected chi connectivity index (χ4v) is 6.68. The molecule has 2 aromatic heterocycles. The maximum atomic E-state index is 13.1. The van der Waals surface area contributed by atoms with E-state index in [1.54, 1.807) is 9.36 Å².